The number of carbonyl (C=O) groups is 1. The Morgan fingerprint density at radius 2 is 1.93 bits per heavy atom. The zero-order chi connectivity index (χ0) is 19.9. The van der Waals surface area contributed by atoms with Crippen LogP contribution in [0.5, 0.6) is 0 Å². The summed E-state index contributed by atoms with van der Waals surface area (Å²) >= 11 is 1.29. The first-order chi connectivity index (χ1) is 12.6. The summed E-state index contributed by atoms with van der Waals surface area (Å²) < 4.78 is 45.6. The minimum Gasteiger partial charge on any atom is -0.456 e. The fraction of sp³-hybridized carbons (Fsp3) is 0.353. The van der Waals surface area contributed by atoms with Crippen LogP contribution in [0.25, 0.3) is 4.96 Å². The Labute approximate surface area is 155 Å². The lowest BCUT2D eigenvalue weighted by atomic mass is 10.2. The lowest BCUT2D eigenvalue weighted by molar-refractivity contribution is -0.141. The minimum absolute atomic E-state index is 0.0570. The maximum Gasteiger partial charge on any atom is 0.406 e. The molecule has 3 aromatic rings. The summed E-state index contributed by atoms with van der Waals surface area (Å²) in [5, 5.41) is 1.79. The molecule has 0 aliphatic heterocycles. The van der Waals surface area contributed by atoms with Crippen LogP contribution < -0.4 is 5.56 Å². The summed E-state index contributed by atoms with van der Waals surface area (Å²) in [7, 11) is 0. The van der Waals surface area contributed by atoms with Gasteiger partial charge in [-0.05, 0) is 26.8 Å². The highest BCUT2D eigenvalue weighted by Crippen LogP contribution is 2.23. The molecule has 3 heterocycles. The van der Waals surface area contributed by atoms with Crippen molar-refractivity contribution in [1.82, 2.24) is 14.0 Å². The number of ether oxygens (including phenoxy) is 1. The first-order valence-corrected chi connectivity index (χ1v) is 8.82. The summed E-state index contributed by atoms with van der Waals surface area (Å²) in [5.41, 5.74) is 1.29. The molecule has 0 aromatic carbocycles. The predicted molar refractivity (Wildman–Crippen MR) is 93.2 cm³/mol. The van der Waals surface area contributed by atoms with Crippen LogP contribution in [0, 0.1) is 20.8 Å². The average Bonchev–Trinajstić information content (AvgIpc) is 3.07. The second kappa shape index (κ2) is 6.84. The van der Waals surface area contributed by atoms with E-state index in [4.69, 9.17) is 4.74 Å². The Bertz CT molecular complexity index is 1080. The summed E-state index contributed by atoms with van der Waals surface area (Å²) in [6.45, 7) is 3.28. The Balaban J connectivity index is 1.79. The van der Waals surface area contributed by atoms with Crippen molar-refractivity contribution in [3.63, 3.8) is 0 Å². The molecule has 0 radical (unpaired) electrons. The van der Waals surface area contributed by atoms with Crippen molar-refractivity contribution < 1.29 is 22.7 Å². The molecule has 0 amide bonds. The third kappa shape index (κ3) is 3.90. The zero-order valence-electron chi connectivity index (χ0n) is 14.8. The number of fused-ring (bicyclic) bond motifs is 1. The number of hydrogen-bond donors (Lipinski definition) is 0. The first kappa shape index (κ1) is 19.2. The molecule has 0 aliphatic rings. The Hall–Kier alpha value is -2.62. The molecular formula is C17H16F3N3O3S. The fourth-order valence-electron chi connectivity index (χ4n) is 2.82. The van der Waals surface area contributed by atoms with E-state index in [1.165, 1.54) is 41.7 Å². The van der Waals surface area contributed by atoms with Crippen LogP contribution in [0.1, 0.15) is 33.1 Å². The van der Waals surface area contributed by atoms with Gasteiger partial charge in [-0.1, -0.05) is 0 Å². The van der Waals surface area contributed by atoms with Gasteiger partial charge in [-0.2, -0.15) is 13.2 Å². The van der Waals surface area contributed by atoms with E-state index >= 15 is 0 Å². The molecule has 0 fully saturated rings. The van der Waals surface area contributed by atoms with Crippen molar-refractivity contribution in [3.05, 3.63) is 56.2 Å². The number of nitrogens with zero attached hydrogens (tertiary/aromatic N) is 3. The monoisotopic (exact) mass is 399 g/mol. The van der Waals surface area contributed by atoms with Crippen LogP contribution in [-0.4, -0.2) is 26.1 Å². The standard InChI is InChI=1S/C17H16F3N3O3S/c1-9-4-13(11(3)22(9)8-17(18,19)20)15(25)26-6-12-5-14(24)23-10(2)7-27-16(23)21-12/h4-5,7H,6,8H2,1-3H3. The van der Waals surface area contributed by atoms with E-state index in [0.717, 1.165) is 10.3 Å². The van der Waals surface area contributed by atoms with Crippen molar-refractivity contribution in [3.8, 4) is 0 Å². The third-order valence-corrected chi connectivity index (χ3v) is 5.05. The largest absolute Gasteiger partial charge is 0.456 e. The van der Waals surface area contributed by atoms with Crippen LogP contribution in [0.2, 0.25) is 0 Å². The maximum atomic E-state index is 12.7. The molecule has 10 heteroatoms. The second-order valence-corrected chi connectivity index (χ2v) is 6.98. The number of rotatable bonds is 4. The SMILES string of the molecule is Cc1cc(C(=O)OCc2cc(=O)n3c(C)csc3n2)c(C)n1CC(F)(F)F. The van der Waals surface area contributed by atoms with Crippen LogP contribution >= 0.6 is 11.3 Å². The molecule has 0 atom stereocenters. The van der Waals surface area contributed by atoms with Crippen molar-refractivity contribution >= 4 is 22.3 Å². The quantitative estimate of drug-likeness (QED) is 0.631. The highest BCUT2D eigenvalue weighted by molar-refractivity contribution is 7.15. The zero-order valence-corrected chi connectivity index (χ0v) is 15.6. The molecule has 0 spiro atoms. The van der Waals surface area contributed by atoms with Crippen LogP contribution in [0.4, 0.5) is 13.2 Å². The van der Waals surface area contributed by atoms with Gasteiger partial charge in [0.2, 0.25) is 0 Å². The molecule has 27 heavy (non-hydrogen) atoms. The molecule has 0 saturated carbocycles. The molecular weight excluding hydrogens is 383 g/mol. The van der Waals surface area contributed by atoms with Crippen molar-refractivity contribution in [2.75, 3.05) is 0 Å². The minimum atomic E-state index is -4.39. The summed E-state index contributed by atoms with van der Waals surface area (Å²) in [5.74, 6) is -0.763. The third-order valence-electron chi connectivity index (χ3n) is 4.11. The molecule has 0 aliphatic carbocycles. The first-order valence-electron chi connectivity index (χ1n) is 7.94. The van der Waals surface area contributed by atoms with E-state index in [-0.39, 0.29) is 29.1 Å². The number of thiazole rings is 1. The topological polar surface area (TPSA) is 65.6 Å². The van der Waals surface area contributed by atoms with Gasteiger partial charge in [0.15, 0.2) is 4.96 Å². The number of halogens is 3. The molecule has 0 saturated heterocycles. The van der Waals surface area contributed by atoms with Crippen LogP contribution in [-0.2, 0) is 17.9 Å². The Morgan fingerprint density at radius 1 is 1.22 bits per heavy atom. The van der Waals surface area contributed by atoms with Gasteiger partial charge >= 0.3 is 12.1 Å². The number of aryl methyl sites for hydroxylation is 2. The molecule has 0 unspecified atom stereocenters. The molecule has 0 bridgehead atoms. The van der Waals surface area contributed by atoms with E-state index < -0.39 is 18.7 Å². The summed E-state index contributed by atoms with van der Waals surface area (Å²) in [4.78, 5) is 29.2. The van der Waals surface area contributed by atoms with E-state index in [0.29, 0.717) is 10.7 Å². The highest BCUT2D eigenvalue weighted by Gasteiger charge is 2.30. The fourth-order valence-corrected chi connectivity index (χ4v) is 3.71. The van der Waals surface area contributed by atoms with Gasteiger partial charge in [0.1, 0.15) is 13.2 Å². The molecule has 0 N–H and O–H groups in total. The van der Waals surface area contributed by atoms with E-state index in [2.05, 4.69) is 4.98 Å². The number of esters is 1. The van der Waals surface area contributed by atoms with Crippen molar-refractivity contribution in [2.45, 2.75) is 40.1 Å². The molecule has 144 valence electrons. The summed E-state index contributed by atoms with van der Waals surface area (Å²) in [6, 6.07) is 2.63. The van der Waals surface area contributed by atoms with Gasteiger partial charge in [-0.25, -0.2) is 9.78 Å². The van der Waals surface area contributed by atoms with Gasteiger partial charge in [-0.3, -0.25) is 9.20 Å². The predicted octanol–water partition coefficient (Wildman–Crippen LogP) is 3.40. The van der Waals surface area contributed by atoms with Crippen molar-refractivity contribution in [2.24, 2.45) is 0 Å². The lowest BCUT2D eigenvalue weighted by Gasteiger charge is -2.12. The number of hydrogen-bond acceptors (Lipinski definition) is 5. The molecule has 6 nitrogen and oxygen atoms in total. The molecule has 3 aromatic heterocycles. The molecule has 3 rings (SSSR count). The maximum absolute atomic E-state index is 12.7. The van der Waals surface area contributed by atoms with Gasteiger partial charge in [0.05, 0.1) is 11.3 Å². The van der Waals surface area contributed by atoms with E-state index in [1.807, 2.05) is 0 Å². The number of alkyl halides is 3. The van der Waals surface area contributed by atoms with E-state index in [9.17, 15) is 22.8 Å². The lowest BCUT2D eigenvalue weighted by Crippen LogP contribution is -2.20. The average molecular weight is 399 g/mol. The number of carbonyl (C=O) groups excluding carboxylic acids is 1. The van der Waals surface area contributed by atoms with Gasteiger partial charge in [-0.15, -0.1) is 11.3 Å². The van der Waals surface area contributed by atoms with Gasteiger partial charge < -0.3 is 9.30 Å². The van der Waals surface area contributed by atoms with E-state index in [1.54, 1.807) is 12.3 Å². The normalized spacial score (nSPS) is 11.9. The van der Waals surface area contributed by atoms with Gasteiger partial charge in [0.25, 0.3) is 5.56 Å². The summed E-state index contributed by atoms with van der Waals surface area (Å²) in [6.07, 6.45) is -4.39. The number of aromatic nitrogens is 3. The van der Waals surface area contributed by atoms with Gasteiger partial charge in [0, 0.05) is 28.5 Å². The Morgan fingerprint density at radius 3 is 2.59 bits per heavy atom. The smallest absolute Gasteiger partial charge is 0.406 e. The highest BCUT2D eigenvalue weighted by atomic mass is 32.1. The second-order valence-electron chi connectivity index (χ2n) is 6.14. The Kier molecular flexibility index (Phi) is 4.85. The van der Waals surface area contributed by atoms with Crippen LogP contribution in [0.15, 0.2) is 22.3 Å². The van der Waals surface area contributed by atoms with Crippen molar-refractivity contribution in [1.29, 1.82) is 0 Å². The van der Waals surface area contributed by atoms with Crippen LogP contribution in [0.3, 0.4) is 0 Å².